The molecular weight excluding hydrogens is 304 g/mol. The third-order valence-corrected chi connectivity index (χ3v) is 4.50. The summed E-state index contributed by atoms with van der Waals surface area (Å²) in [4.78, 5) is 16.2. The highest BCUT2D eigenvalue weighted by Gasteiger charge is 2.18. The Bertz CT molecular complexity index is 1170. The van der Waals surface area contributed by atoms with Crippen molar-refractivity contribution in [2.45, 2.75) is 0 Å². The smallest absolute Gasteiger partial charge is 0.231 e. The van der Waals surface area contributed by atoms with Crippen LogP contribution in [-0.2, 0) is 7.05 Å². The molecule has 0 atom stereocenters. The summed E-state index contributed by atoms with van der Waals surface area (Å²) in [6, 6.07) is 13.4. The molecule has 4 aromatic rings. The second-order valence-corrected chi connectivity index (χ2v) is 5.95. The fourth-order valence-electron chi connectivity index (χ4n) is 3.39. The van der Waals surface area contributed by atoms with E-state index in [1.165, 1.54) is 0 Å². The average molecular weight is 318 g/mol. The van der Waals surface area contributed by atoms with E-state index in [0.717, 1.165) is 33.8 Å². The molecular formula is C19H14N2O3. The van der Waals surface area contributed by atoms with Gasteiger partial charge in [-0.3, -0.25) is 4.79 Å². The molecule has 2 aromatic heterocycles. The van der Waals surface area contributed by atoms with E-state index in [-0.39, 0.29) is 12.2 Å². The van der Waals surface area contributed by atoms with Crippen molar-refractivity contribution in [3.8, 4) is 22.8 Å². The first-order valence-electron chi connectivity index (χ1n) is 7.72. The molecule has 0 spiro atoms. The Labute approximate surface area is 137 Å². The van der Waals surface area contributed by atoms with Gasteiger partial charge < -0.3 is 19.0 Å². The number of nitrogens with zero attached hydrogens (tertiary/aromatic N) is 1. The zero-order valence-corrected chi connectivity index (χ0v) is 13.0. The lowest BCUT2D eigenvalue weighted by Gasteiger charge is -2.06. The number of hydrogen-bond acceptors (Lipinski definition) is 3. The molecule has 5 heteroatoms. The summed E-state index contributed by atoms with van der Waals surface area (Å²) in [6.07, 6.45) is 1.88. The molecule has 1 N–H and O–H groups in total. The second kappa shape index (κ2) is 4.64. The van der Waals surface area contributed by atoms with Crippen LogP contribution in [0.15, 0.2) is 53.5 Å². The Hall–Kier alpha value is -3.21. The van der Waals surface area contributed by atoms with Gasteiger partial charge in [0, 0.05) is 29.7 Å². The molecule has 0 bridgehead atoms. The molecule has 0 radical (unpaired) electrons. The van der Waals surface area contributed by atoms with Crippen molar-refractivity contribution in [2.75, 3.05) is 6.79 Å². The van der Waals surface area contributed by atoms with Crippen molar-refractivity contribution in [1.29, 1.82) is 0 Å². The van der Waals surface area contributed by atoms with Crippen LogP contribution in [0.25, 0.3) is 33.1 Å². The Balaban J connectivity index is 1.86. The van der Waals surface area contributed by atoms with Gasteiger partial charge in [0.25, 0.3) is 0 Å². The Morgan fingerprint density at radius 3 is 2.79 bits per heavy atom. The highest BCUT2D eigenvalue weighted by molar-refractivity contribution is 5.99. The minimum Gasteiger partial charge on any atom is -0.454 e. The third-order valence-electron chi connectivity index (χ3n) is 4.50. The Kier molecular flexibility index (Phi) is 2.56. The summed E-state index contributed by atoms with van der Waals surface area (Å²) >= 11 is 0. The molecule has 2 aromatic carbocycles. The van der Waals surface area contributed by atoms with Gasteiger partial charge in [0.2, 0.25) is 6.79 Å². The molecule has 0 amide bonds. The SMILES string of the molecule is Cn1cc2c(=O)c3ccccc3[nH]c2c1-c1ccc2c(c1)OCO2. The highest BCUT2D eigenvalue weighted by Crippen LogP contribution is 2.37. The lowest BCUT2D eigenvalue weighted by Crippen LogP contribution is -2.02. The summed E-state index contributed by atoms with van der Waals surface area (Å²) in [6.45, 7) is 0.244. The monoisotopic (exact) mass is 318 g/mol. The first-order valence-corrected chi connectivity index (χ1v) is 7.72. The topological polar surface area (TPSA) is 56.2 Å². The van der Waals surface area contributed by atoms with Gasteiger partial charge in [0.05, 0.1) is 16.6 Å². The van der Waals surface area contributed by atoms with Crippen molar-refractivity contribution in [3.63, 3.8) is 0 Å². The van der Waals surface area contributed by atoms with E-state index in [0.29, 0.717) is 10.8 Å². The molecule has 0 saturated heterocycles. The molecule has 0 fully saturated rings. The van der Waals surface area contributed by atoms with E-state index >= 15 is 0 Å². The molecule has 0 aliphatic carbocycles. The van der Waals surface area contributed by atoms with Gasteiger partial charge in [0.1, 0.15) is 0 Å². The van der Waals surface area contributed by atoms with Gasteiger partial charge in [-0.15, -0.1) is 0 Å². The van der Waals surface area contributed by atoms with Gasteiger partial charge in [0.15, 0.2) is 16.9 Å². The number of aromatic nitrogens is 2. The molecule has 0 unspecified atom stereocenters. The van der Waals surface area contributed by atoms with Crippen LogP contribution in [0.3, 0.4) is 0 Å². The Morgan fingerprint density at radius 2 is 1.88 bits per heavy atom. The summed E-state index contributed by atoms with van der Waals surface area (Å²) in [5.41, 5.74) is 3.64. The van der Waals surface area contributed by atoms with Gasteiger partial charge in [-0.1, -0.05) is 12.1 Å². The van der Waals surface area contributed by atoms with Gasteiger partial charge >= 0.3 is 0 Å². The van der Waals surface area contributed by atoms with E-state index < -0.39 is 0 Å². The summed E-state index contributed by atoms with van der Waals surface area (Å²) < 4.78 is 12.8. The molecule has 1 aliphatic rings. The molecule has 5 nitrogen and oxygen atoms in total. The van der Waals surface area contributed by atoms with Gasteiger partial charge in [-0.05, 0) is 30.3 Å². The van der Waals surface area contributed by atoms with Crippen molar-refractivity contribution < 1.29 is 9.47 Å². The van der Waals surface area contributed by atoms with Crippen LogP contribution in [0.5, 0.6) is 11.5 Å². The number of fused-ring (bicyclic) bond motifs is 3. The predicted octanol–water partition coefficient (Wildman–Crippen LogP) is 3.42. The van der Waals surface area contributed by atoms with E-state index in [2.05, 4.69) is 4.98 Å². The maximum atomic E-state index is 12.8. The van der Waals surface area contributed by atoms with Gasteiger partial charge in [-0.25, -0.2) is 0 Å². The highest BCUT2D eigenvalue weighted by atomic mass is 16.7. The fraction of sp³-hybridized carbons (Fsp3) is 0.105. The lowest BCUT2D eigenvalue weighted by atomic mass is 10.1. The summed E-state index contributed by atoms with van der Waals surface area (Å²) in [7, 11) is 1.94. The second-order valence-electron chi connectivity index (χ2n) is 5.95. The maximum Gasteiger partial charge on any atom is 0.231 e. The third kappa shape index (κ3) is 1.72. The minimum absolute atomic E-state index is 0.0435. The number of benzene rings is 2. The zero-order chi connectivity index (χ0) is 16.3. The lowest BCUT2D eigenvalue weighted by molar-refractivity contribution is 0.174. The van der Waals surface area contributed by atoms with Crippen LogP contribution in [0.1, 0.15) is 0 Å². The number of nitrogens with one attached hydrogen (secondary N) is 1. The van der Waals surface area contributed by atoms with Crippen molar-refractivity contribution in [3.05, 3.63) is 58.9 Å². The molecule has 0 saturated carbocycles. The predicted molar refractivity (Wildman–Crippen MR) is 92.6 cm³/mol. The number of rotatable bonds is 1. The number of pyridine rings is 1. The largest absolute Gasteiger partial charge is 0.454 e. The van der Waals surface area contributed by atoms with E-state index in [1.54, 1.807) is 0 Å². The number of ether oxygens (including phenoxy) is 2. The first-order chi connectivity index (χ1) is 11.7. The fourth-order valence-corrected chi connectivity index (χ4v) is 3.39. The molecule has 5 rings (SSSR count). The van der Waals surface area contributed by atoms with E-state index in [4.69, 9.17) is 9.47 Å². The molecule has 118 valence electrons. The minimum atomic E-state index is 0.0435. The maximum absolute atomic E-state index is 12.8. The van der Waals surface area contributed by atoms with Crippen molar-refractivity contribution in [2.24, 2.45) is 7.05 Å². The van der Waals surface area contributed by atoms with Crippen LogP contribution in [-0.4, -0.2) is 16.3 Å². The number of hydrogen-bond donors (Lipinski definition) is 1. The van der Waals surface area contributed by atoms with Crippen molar-refractivity contribution >= 4 is 21.8 Å². The van der Waals surface area contributed by atoms with Crippen LogP contribution in [0.4, 0.5) is 0 Å². The average Bonchev–Trinajstić information content (AvgIpc) is 3.18. The normalized spacial score (nSPS) is 13.0. The van der Waals surface area contributed by atoms with E-state index in [9.17, 15) is 4.79 Å². The molecule has 1 aliphatic heterocycles. The van der Waals surface area contributed by atoms with Crippen LogP contribution in [0, 0.1) is 0 Å². The number of H-pyrrole nitrogens is 1. The number of aryl methyl sites for hydroxylation is 1. The number of para-hydroxylation sites is 1. The zero-order valence-electron chi connectivity index (χ0n) is 13.0. The first kappa shape index (κ1) is 13.2. The van der Waals surface area contributed by atoms with Crippen LogP contribution in [0.2, 0.25) is 0 Å². The van der Waals surface area contributed by atoms with Crippen molar-refractivity contribution in [1.82, 2.24) is 9.55 Å². The van der Waals surface area contributed by atoms with Crippen LogP contribution < -0.4 is 14.9 Å². The molecule has 24 heavy (non-hydrogen) atoms. The molecule has 3 heterocycles. The standard InChI is InChI=1S/C19H14N2O3/c1-21-9-13-17(20-14-5-3-2-4-12(14)19(13)22)18(21)11-6-7-15-16(8-11)24-10-23-15/h2-9,20H,10H2,1H3. The quantitative estimate of drug-likeness (QED) is 0.585. The number of aromatic amines is 1. The van der Waals surface area contributed by atoms with Crippen LogP contribution >= 0.6 is 0 Å². The summed E-state index contributed by atoms with van der Waals surface area (Å²) in [5.74, 6) is 1.47. The van der Waals surface area contributed by atoms with Gasteiger partial charge in [-0.2, -0.15) is 0 Å². The van der Waals surface area contributed by atoms with E-state index in [1.807, 2.05) is 60.3 Å². The summed E-state index contributed by atoms with van der Waals surface area (Å²) in [5, 5.41) is 1.39. The Morgan fingerprint density at radius 1 is 1.04 bits per heavy atom.